The van der Waals surface area contributed by atoms with Gasteiger partial charge in [-0.25, -0.2) is 0 Å². The van der Waals surface area contributed by atoms with Gasteiger partial charge in [-0.3, -0.25) is 0 Å². The second-order valence-electron chi connectivity index (χ2n) is 14.2. The Morgan fingerprint density at radius 2 is 0.979 bits per heavy atom. The molecule has 246 valence electrons. The zero-order valence-corrected chi connectivity index (χ0v) is 28.1. The maximum atomic E-state index is 6.23. The highest BCUT2D eigenvalue weighted by Gasteiger charge is 2.46. The molecule has 2 heterocycles. The van der Waals surface area contributed by atoms with Crippen molar-refractivity contribution in [1.82, 2.24) is 0 Å². The molecule has 0 atom stereocenters. The van der Waals surface area contributed by atoms with Crippen LogP contribution in [-0.2, 0) is 24.4 Å². The summed E-state index contributed by atoms with van der Waals surface area (Å²) in [5.74, 6) is 1.76. The number of fused-ring (bicyclic) bond motifs is 3. The van der Waals surface area contributed by atoms with Crippen LogP contribution in [0.15, 0.2) is 84.9 Å². The van der Waals surface area contributed by atoms with Crippen molar-refractivity contribution in [3.63, 3.8) is 0 Å². The molecule has 2 saturated heterocycles. The molecule has 0 aromatic heterocycles. The number of ether oxygens (including phenoxy) is 6. The summed E-state index contributed by atoms with van der Waals surface area (Å²) in [6, 6.07) is 30.9. The van der Waals surface area contributed by atoms with Crippen molar-refractivity contribution in [2.75, 3.05) is 66.1 Å². The van der Waals surface area contributed by atoms with Gasteiger partial charge in [0.05, 0.1) is 58.3 Å². The predicted molar refractivity (Wildman–Crippen MR) is 184 cm³/mol. The molecule has 6 heteroatoms. The fourth-order valence-corrected chi connectivity index (χ4v) is 7.24. The summed E-state index contributed by atoms with van der Waals surface area (Å²) < 4.78 is 35.0. The molecule has 0 radical (unpaired) electrons. The first-order chi connectivity index (χ1) is 22.8. The first-order valence-corrected chi connectivity index (χ1v) is 16.8. The lowest BCUT2D eigenvalue weighted by atomic mass is 9.67. The van der Waals surface area contributed by atoms with Crippen molar-refractivity contribution in [3.05, 3.63) is 118 Å². The van der Waals surface area contributed by atoms with Gasteiger partial charge in [0, 0.05) is 10.8 Å². The van der Waals surface area contributed by atoms with Gasteiger partial charge < -0.3 is 28.4 Å². The van der Waals surface area contributed by atoms with E-state index in [0.717, 1.165) is 49.1 Å². The van der Waals surface area contributed by atoms with Crippen molar-refractivity contribution in [2.24, 2.45) is 10.8 Å². The van der Waals surface area contributed by atoms with Crippen molar-refractivity contribution < 1.29 is 28.4 Å². The minimum absolute atomic E-state index is 0.140. The van der Waals surface area contributed by atoms with E-state index >= 15 is 0 Å². The number of hydrogen-bond acceptors (Lipinski definition) is 6. The van der Waals surface area contributed by atoms with Crippen LogP contribution in [0.4, 0.5) is 0 Å². The zero-order chi connectivity index (χ0) is 32.5. The van der Waals surface area contributed by atoms with Crippen molar-refractivity contribution in [3.8, 4) is 22.6 Å². The lowest BCUT2D eigenvalue weighted by molar-refractivity contribution is -0.139. The van der Waals surface area contributed by atoms with Crippen LogP contribution in [0.2, 0.25) is 0 Å². The average Bonchev–Trinajstić information content (AvgIpc) is 3.35. The lowest BCUT2D eigenvalue weighted by Crippen LogP contribution is -2.43. The predicted octanol–water partition coefficient (Wildman–Crippen LogP) is 7.53. The van der Waals surface area contributed by atoms with E-state index in [0.29, 0.717) is 39.6 Å². The second kappa shape index (κ2) is 13.1. The third-order valence-corrected chi connectivity index (χ3v) is 9.84. The van der Waals surface area contributed by atoms with E-state index in [-0.39, 0.29) is 10.8 Å². The Kier molecular flexibility index (Phi) is 8.88. The monoisotopic (exact) mass is 634 g/mol. The normalized spacial score (nSPS) is 18.0. The lowest BCUT2D eigenvalue weighted by Gasteiger charge is -2.37. The summed E-state index contributed by atoms with van der Waals surface area (Å²) in [5.41, 5.74) is 9.51. The van der Waals surface area contributed by atoms with Gasteiger partial charge >= 0.3 is 0 Å². The highest BCUT2D eigenvalue weighted by atomic mass is 16.5. The first kappa shape index (κ1) is 31.9. The Morgan fingerprint density at radius 1 is 0.553 bits per heavy atom. The van der Waals surface area contributed by atoms with Gasteiger partial charge in [0.15, 0.2) is 0 Å². The smallest absolute Gasteiger partial charge is 0.122 e. The summed E-state index contributed by atoms with van der Waals surface area (Å²) in [7, 11) is 0. The van der Waals surface area contributed by atoms with E-state index in [1.54, 1.807) is 0 Å². The number of hydrogen-bond donors (Lipinski definition) is 0. The van der Waals surface area contributed by atoms with E-state index in [1.807, 2.05) is 0 Å². The van der Waals surface area contributed by atoms with Crippen LogP contribution in [0.5, 0.6) is 11.5 Å². The molecule has 47 heavy (non-hydrogen) atoms. The molecule has 2 fully saturated rings. The molecule has 3 aliphatic rings. The van der Waals surface area contributed by atoms with Crippen LogP contribution in [-0.4, -0.2) is 66.1 Å². The SMILES string of the molecule is Cc1cc(C2(c3ccc(OCCOCC4(C)COC4)c(C)c3)c3ccccc3-c3ccccc32)ccc1OCCOCC1(C)COC1. The number of rotatable bonds is 14. The van der Waals surface area contributed by atoms with Crippen LogP contribution in [0.25, 0.3) is 11.1 Å². The van der Waals surface area contributed by atoms with E-state index in [2.05, 4.69) is 113 Å². The summed E-state index contributed by atoms with van der Waals surface area (Å²) in [6.45, 7) is 15.2. The number of aryl methyl sites for hydroxylation is 2. The molecule has 4 aromatic rings. The molecular formula is C41H46O6. The molecule has 0 saturated carbocycles. The quantitative estimate of drug-likeness (QED) is 0.118. The van der Waals surface area contributed by atoms with Gasteiger partial charge in [0.25, 0.3) is 0 Å². The van der Waals surface area contributed by atoms with Crippen LogP contribution < -0.4 is 9.47 Å². The molecule has 6 nitrogen and oxygen atoms in total. The molecule has 1 aliphatic carbocycles. The number of benzene rings is 4. The Balaban J connectivity index is 1.16. The highest BCUT2D eigenvalue weighted by molar-refractivity contribution is 5.86. The van der Waals surface area contributed by atoms with Crippen LogP contribution in [0.3, 0.4) is 0 Å². The molecule has 0 N–H and O–H groups in total. The largest absolute Gasteiger partial charge is 0.491 e. The minimum Gasteiger partial charge on any atom is -0.491 e. The van der Waals surface area contributed by atoms with Crippen molar-refractivity contribution in [1.29, 1.82) is 0 Å². The maximum Gasteiger partial charge on any atom is 0.122 e. The molecule has 0 unspecified atom stereocenters. The van der Waals surface area contributed by atoms with E-state index in [9.17, 15) is 0 Å². The zero-order valence-electron chi connectivity index (χ0n) is 28.1. The van der Waals surface area contributed by atoms with Gasteiger partial charge in [-0.15, -0.1) is 0 Å². The van der Waals surface area contributed by atoms with E-state index < -0.39 is 5.41 Å². The van der Waals surface area contributed by atoms with Gasteiger partial charge in [-0.05, 0) is 70.5 Å². The van der Waals surface area contributed by atoms with Crippen molar-refractivity contribution in [2.45, 2.75) is 33.1 Å². The standard InChI is InChI=1S/C41H46O6/c1-29-21-31(13-15-37(29)46-19-17-42-23-39(3)25-44-26-39)41(35-11-7-5-9-33(35)34-10-6-8-12-36(34)41)32-14-16-38(30(2)22-32)47-20-18-43-24-40(4)27-45-28-40/h5-16,21-22H,17-20,23-28H2,1-4H3. The Morgan fingerprint density at radius 3 is 1.36 bits per heavy atom. The average molecular weight is 635 g/mol. The molecular weight excluding hydrogens is 588 g/mol. The van der Waals surface area contributed by atoms with E-state index in [4.69, 9.17) is 28.4 Å². The summed E-state index contributed by atoms with van der Waals surface area (Å²) in [6.07, 6.45) is 0. The molecule has 0 bridgehead atoms. The minimum atomic E-state index is -0.493. The fourth-order valence-electron chi connectivity index (χ4n) is 7.24. The molecule has 4 aromatic carbocycles. The van der Waals surface area contributed by atoms with Crippen LogP contribution >= 0.6 is 0 Å². The maximum absolute atomic E-state index is 6.23. The second-order valence-corrected chi connectivity index (χ2v) is 14.2. The Hall–Kier alpha value is -3.68. The molecule has 7 rings (SSSR count). The van der Waals surface area contributed by atoms with Crippen molar-refractivity contribution >= 4 is 0 Å². The van der Waals surface area contributed by atoms with Gasteiger partial charge in [0.1, 0.15) is 24.7 Å². The highest BCUT2D eigenvalue weighted by Crippen LogP contribution is 2.56. The Labute approximate surface area is 278 Å². The van der Waals surface area contributed by atoms with Crippen LogP contribution in [0.1, 0.15) is 47.2 Å². The van der Waals surface area contributed by atoms with Gasteiger partial charge in [0.2, 0.25) is 0 Å². The summed E-state index contributed by atoms with van der Waals surface area (Å²) >= 11 is 0. The van der Waals surface area contributed by atoms with Gasteiger partial charge in [-0.1, -0.05) is 86.6 Å². The summed E-state index contributed by atoms with van der Waals surface area (Å²) in [5, 5.41) is 0. The third kappa shape index (κ3) is 6.09. The van der Waals surface area contributed by atoms with Crippen LogP contribution in [0, 0.1) is 24.7 Å². The van der Waals surface area contributed by atoms with Gasteiger partial charge in [-0.2, -0.15) is 0 Å². The molecule has 2 aliphatic heterocycles. The topological polar surface area (TPSA) is 55.4 Å². The van der Waals surface area contributed by atoms with E-state index in [1.165, 1.54) is 33.4 Å². The Bertz CT molecular complexity index is 1590. The first-order valence-electron chi connectivity index (χ1n) is 16.8. The third-order valence-electron chi connectivity index (χ3n) is 9.84. The fraction of sp³-hybridized carbons (Fsp3) is 0.415. The molecule has 0 spiro atoms. The summed E-state index contributed by atoms with van der Waals surface area (Å²) in [4.78, 5) is 0. The molecule has 0 amide bonds.